The second kappa shape index (κ2) is 8.01. The van der Waals surface area contributed by atoms with Gasteiger partial charge in [0.25, 0.3) is 0 Å². The first kappa shape index (κ1) is 17.5. The highest BCUT2D eigenvalue weighted by Gasteiger charge is 2.11. The molecule has 2 heterocycles. The van der Waals surface area contributed by atoms with Crippen molar-refractivity contribution in [3.63, 3.8) is 0 Å². The van der Waals surface area contributed by atoms with E-state index in [0.29, 0.717) is 24.2 Å². The molecule has 0 aliphatic heterocycles. The molecule has 2 rings (SSSR count). The highest BCUT2D eigenvalue weighted by Crippen LogP contribution is 2.15. The molecule has 0 aromatic carbocycles. The Kier molecular flexibility index (Phi) is 6.66. The number of hydrogen-bond acceptors (Lipinski definition) is 5. The molecule has 2 aromatic heterocycles. The molecule has 0 saturated heterocycles. The molecule has 8 heteroatoms. The van der Waals surface area contributed by atoms with Crippen LogP contribution in [0.3, 0.4) is 0 Å². The monoisotopic (exact) mass is 405 g/mol. The average Bonchev–Trinajstić information content (AvgIpc) is 3.03. The van der Waals surface area contributed by atoms with Crippen LogP contribution < -0.4 is 10.6 Å². The van der Waals surface area contributed by atoms with Gasteiger partial charge in [-0.05, 0) is 26.0 Å². The minimum atomic E-state index is 0. The van der Waals surface area contributed by atoms with E-state index in [1.807, 2.05) is 26.0 Å². The fourth-order valence-corrected chi connectivity index (χ4v) is 1.73. The van der Waals surface area contributed by atoms with Crippen LogP contribution in [0.25, 0.3) is 0 Å². The Labute approximate surface area is 140 Å². The molecule has 116 valence electrons. The number of nitrogens with one attached hydrogen (secondary N) is 2. The van der Waals surface area contributed by atoms with Crippen LogP contribution in [0.5, 0.6) is 0 Å². The van der Waals surface area contributed by atoms with Gasteiger partial charge in [0, 0.05) is 14.0 Å². The third kappa shape index (κ3) is 5.03. The number of nitrogens with zero attached hydrogens (tertiary/aromatic N) is 3. The third-order valence-electron chi connectivity index (χ3n) is 2.75. The van der Waals surface area contributed by atoms with Crippen molar-refractivity contribution >= 4 is 29.9 Å². The van der Waals surface area contributed by atoms with Crippen LogP contribution in [0.15, 0.2) is 26.1 Å². The van der Waals surface area contributed by atoms with Crippen molar-refractivity contribution in [3.8, 4) is 0 Å². The Morgan fingerprint density at radius 3 is 2.67 bits per heavy atom. The van der Waals surface area contributed by atoms with Crippen molar-refractivity contribution in [1.29, 1.82) is 0 Å². The molecule has 0 radical (unpaired) electrons. The third-order valence-corrected chi connectivity index (χ3v) is 2.75. The minimum Gasteiger partial charge on any atom is -0.464 e. The van der Waals surface area contributed by atoms with E-state index in [9.17, 15) is 0 Å². The first-order valence-corrected chi connectivity index (χ1v) is 6.41. The molecule has 2 aromatic rings. The summed E-state index contributed by atoms with van der Waals surface area (Å²) in [7, 11) is 1.71. The van der Waals surface area contributed by atoms with Crippen molar-refractivity contribution in [2.45, 2.75) is 33.4 Å². The zero-order valence-electron chi connectivity index (χ0n) is 12.5. The Morgan fingerprint density at radius 2 is 2.14 bits per heavy atom. The number of rotatable bonds is 4. The van der Waals surface area contributed by atoms with Gasteiger partial charge in [0.1, 0.15) is 11.5 Å². The van der Waals surface area contributed by atoms with Crippen molar-refractivity contribution < 1.29 is 8.94 Å². The fourth-order valence-electron chi connectivity index (χ4n) is 1.73. The van der Waals surface area contributed by atoms with Crippen molar-refractivity contribution in [2.75, 3.05) is 7.05 Å². The predicted molar refractivity (Wildman–Crippen MR) is 89.6 cm³/mol. The SMILES string of the molecule is CN=C(NCc1noc(C)n1)NC(C)c1ccc(C)o1.I. The Balaban J connectivity index is 0.00000220. The lowest BCUT2D eigenvalue weighted by Gasteiger charge is -2.15. The van der Waals surface area contributed by atoms with Gasteiger partial charge in [-0.1, -0.05) is 5.16 Å². The summed E-state index contributed by atoms with van der Waals surface area (Å²) in [6.07, 6.45) is 0. The van der Waals surface area contributed by atoms with Crippen LogP contribution in [0.1, 0.15) is 36.2 Å². The van der Waals surface area contributed by atoms with Gasteiger partial charge in [-0.3, -0.25) is 4.99 Å². The molecule has 0 saturated carbocycles. The van der Waals surface area contributed by atoms with Gasteiger partial charge in [0.15, 0.2) is 11.8 Å². The van der Waals surface area contributed by atoms with Gasteiger partial charge in [0.05, 0.1) is 12.6 Å². The highest BCUT2D eigenvalue weighted by molar-refractivity contribution is 14.0. The number of guanidine groups is 1. The molecular formula is C13H20IN5O2. The maximum Gasteiger partial charge on any atom is 0.223 e. The largest absolute Gasteiger partial charge is 0.464 e. The molecule has 0 bridgehead atoms. The van der Waals surface area contributed by atoms with E-state index in [2.05, 4.69) is 25.8 Å². The van der Waals surface area contributed by atoms with Gasteiger partial charge in [-0.2, -0.15) is 4.98 Å². The van der Waals surface area contributed by atoms with E-state index in [-0.39, 0.29) is 30.0 Å². The summed E-state index contributed by atoms with van der Waals surface area (Å²) < 4.78 is 10.5. The summed E-state index contributed by atoms with van der Waals surface area (Å²) in [5, 5.41) is 10.2. The number of furan rings is 1. The van der Waals surface area contributed by atoms with Crippen LogP contribution in [-0.2, 0) is 6.54 Å². The first-order chi connectivity index (χ1) is 9.58. The van der Waals surface area contributed by atoms with Gasteiger partial charge < -0.3 is 19.6 Å². The Hall–Kier alpha value is -1.58. The molecule has 0 aliphatic carbocycles. The first-order valence-electron chi connectivity index (χ1n) is 6.41. The Bertz CT molecular complexity index is 593. The minimum absolute atomic E-state index is 0. The maximum absolute atomic E-state index is 5.57. The van der Waals surface area contributed by atoms with Crippen molar-refractivity contribution in [1.82, 2.24) is 20.8 Å². The number of aromatic nitrogens is 2. The van der Waals surface area contributed by atoms with Crippen LogP contribution in [0.4, 0.5) is 0 Å². The van der Waals surface area contributed by atoms with Gasteiger partial charge in [-0.25, -0.2) is 0 Å². The van der Waals surface area contributed by atoms with E-state index < -0.39 is 0 Å². The summed E-state index contributed by atoms with van der Waals surface area (Å²) >= 11 is 0. The van der Waals surface area contributed by atoms with Crippen LogP contribution in [0.2, 0.25) is 0 Å². The number of aliphatic imine (C=N–C) groups is 1. The van der Waals surface area contributed by atoms with Crippen LogP contribution in [0, 0.1) is 13.8 Å². The van der Waals surface area contributed by atoms with Gasteiger partial charge >= 0.3 is 0 Å². The fraction of sp³-hybridized carbons (Fsp3) is 0.462. The van der Waals surface area contributed by atoms with Gasteiger partial charge in [0.2, 0.25) is 5.89 Å². The highest BCUT2D eigenvalue weighted by atomic mass is 127. The van der Waals surface area contributed by atoms with Crippen LogP contribution >= 0.6 is 24.0 Å². The summed E-state index contributed by atoms with van der Waals surface area (Å²) in [5.74, 6) is 3.53. The number of aryl methyl sites for hydroxylation is 2. The standard InChI is InChI=1S/C13H19N5O2.HI/c1-8-5-6-11(19-8)9(2)16-13(14-4)15-7-12-17-10(3)20-18-12;/h5-6,9H,7H2,1-4H3,(H2,14,15,16);1H. The lowest BCUT2D eigenvalue weighted by atomic mass is 10.2. The average molecular weight is 405 g/mol. The lowest BCUT2D eigenvalue weighted by Crippen LogP contribution is -2.38. The molecule has 0 spiro atoms. The van der Waals surface area contributed by atoms with E-state index in [4.69, 9.17) is 8.94 Å². The second-order valence-electron chi connectivity index (χ2n) is 4.47. The zero-order valence-corrected chi connectivity index (χ0v) is 14.8. The summed E-state index contributed by atoms with van der Waals surface area (Å²) in [6, 6.07) is 3.90. The molecule has 0 aliphatic rings. The second-order valence-corrected chi connectivity index (χ2v) is 4.47. The van der Waals surface area contributed by atoms with E-state index in [1.54, 1.807) is 14.0 Å². The predicted octanol–water partition coefficient (Wildman–Crippen LogP) is 2.32. The van der Waals surface area contributed by atoms with Crippen LogP contribution in [-0.4, -0.2) is 23.1 Å². The van der Waals surface area contributed by atoms with Gasteiger partial charge in [-0.15, -0.1) is 24.0 Å². The molecule has 1 atom stereocenters. The number of halogens is 1. The summed E-state index contributed by atoms with van der Waals surface area (Å²) in [4.78, 5) is 8.26. The number of hydrogen-bond donors (Lipinski definition) is 2. The molecule has 7 nitrogen and oxygen atoms in total. The topological polar surface area (TPSA) is 88.5 Å². The smallest absolute Gasteiger partial charge is 0.223 e. The molecule has 0 amide bonds. The van der Waals surface area contributed by atoms with E-state index in [0.717, 1.165) is 11.5 Å². The normalized spacial score (nSPS) is 12.7. The van der Waals surface area contributed by atoms with Crippen molar-refractivity contribution in [3.05, 3.63) is 35.4 Å². The molecule has 21 heavy (non-hydrogen) atoms. The van der Waals surface area contributed by atoms with E-state index in [1.165, 1.54) is 0 Å². The maximum atomic E-state index is 5.57. The van der Waals surface area contributed by atoms with Crippen molar-refractivity contribution in [2.24, 2.45) is 4.99 Å². The summed E-state index contributed by atoms with van der Waals surface area (Å²) in [6.45, 7) is 6.12. The van der Waals surface area contributed by atoms with E-state index >= 15 is 0 Å². The molecular weight excluding hydrogens is 385 g/mol. The zero-order chi connectivity index (χ0) is 14.5. The lowest BCUT2D eigenvalue weighted by molar-refractivity contribution is 0.386. The molecule has 1 unspecified atom stereocenters. The molecule has 2 N–H and O–H groups in total. The quantitative estimate of drug-likeness (QED) is 0.461. The Morgan fingerprint density at radius 1 is 1.38 bits per heavy atom. The summed E-state index contributed by atoms with van der Waals surface area (Å²) in [5.41, 5.74) is 0. The molecule has 0 fully saturated rings.